The zero-order valence-corrected chi connectivity index (χ0v) is 11.6. The molecule has 4 nitrogen and oxygen atoms in total. The van der Waals surface area contributed by atoms with E-state index in [4.69, 9.17) is 0 Å². The van der Waals surface area contributed by atoms with E-state index in [1.807, 2.05) is 11.6 Å². The monoisotopic (exact) mass is 239 g/mol. The van der Waals surface area contributed by atoms with E-state index in [0.717, 1.165) is 18.7 Å². The lowest BCUT2D eigenvalue weighted by Crippen LogP contribution is -2.34. The standard InChI is InChI=1S/C13H25N3O/c1-6-12(8-17)14-9(3)13-10(4)15-16(7-2)11(13)5/h9,12,14,17H,6-8H2,1-5H3/t9?,12-/m1/s1. The molecule has 0 fully saturated rings. The quantitative estimate of drug-likeness (QED) is 0.797. The molecule has 0 aromatic carbocycles. The Morgan fingerprint density at radius 1 is 1.35 bits per heavy atom. The van der Waals surface area contributed by atoms with Crippen molar-refractivity contribution < 1.29 is 5.11 Å². The molecular formula is C13H25N3O. The Labute approximate surface area is 104 Å². The van der Waals surface area contributed by atoms with E-state index in [1.54, 1.807) is 0 Å². The Kier molecular flexibility index (Phi) is 5.15. The van der Waals surface area contributed by atoms with Crippen molar-refractivity contribution in [3.63, 3.8) is 0 Å². The molecule has 1 unspecified atom stereocenters. The maximum absolute atomic E-state index is 9.23. The van der Waals surface area contributed by atoms with E-state index < -0.39 is 0 Å². The molecule has 1 aromatic rings. The third-order valence-electron chi connectivity index (χ3n) is 3.37. The Morgan fingerprint density at radius 3 is 2.41 bits per heavy atom. The van der Waals surface area contributed by atoms with Crippen molar-refractivity contribution in [1.82, 2.24) is 15.1 Å². The second-order valence-electron chi connectivity index (χ2n) is 4.58. The number of hydrogen-bond acceptors (Lipinski definition) is 3. The van der Waals surface area contributed by atoms with Gasteiger partial charge in [-0.15, -0.1) is 0 Å². The molecule has 1 aromatic heterocycles. The molecule has 0 spiro atoms. The van der Waals surface area contributed by atoms with Crippen LogP contribution in [-0.4, -0.2) is 27.5 Å². The minimum Gasteiger partial charge on any atom is -0.395 e. The van der Waals surface area contributed by atoms with Crippen LogP contribution in [0.15, 0.2) is 0 Å². The lowest BCUT2D eigenvalue weighted by molar-refractivity contribution is 0.230. The minimum absolute atomic E-state index is 0.161. The van der Waals surface area contributed by atoms with Crippen LogP contribution in [0.5, 0.6) is 0 Å². The summed E-state index contributed by atoms with van der Waals surface area (Å²) in [5.41, 5.74) is 3.56. The number of aliphatic hydroxyl groups is 1. The molecule has 98 valence electrons. The smallest absolute Gasteiger partial charge is 0.0644 e. The van der Waals surface area contributed by atoms with Crippen LogP contribution < -0.4 is 5.32 Å². The van der Waals surface area contributed by atoms with Crippen molar-refractivity contribution in [3.05, 3.63) is 17.0 Å². The first kappa shape index (κ1) is 14.2. The molecule has 2 N–H and O–H groups in total. The summed E-state index contributed by atoms with van der Waals surface area (Å²) in [5, 5.41) is 17.2. The van der Waals surface area contributed by atoms with Gasteiger partial charge in [0.05, 0.1) is 12.3 Å². The fourth-order valence-electron chi connectivity index (χ4n) is 2.38. The zero-order chi connectivity index (χ0) is 13.0. The van der Waals surface area contributed by atoms with Gasteiger partial charge in [-0.3, -0.25) is 4.68 Å². The van der Waals surface area contributed by atoms with Gasteiger partial charge in [0, 0.05) is 29.9 Å². The van der Waals surface area contributed by atoms with Crippen LogP contribution >= 0.6 is 0 Å². The molecule has 0 radical (unpaired) electrons. The number of aliphatic hydroxyl groups excluding tert-OH is 1. The topological polar surface area (TPSA) is 50.1 Å². The fourth-order valence-corrected chi connectivity index (χ4v) is 2.38. The van der Waals surface area contributed by atoms with Crippen molar-refractivity contribution in [2.45, 2.75) is 59.7 Å². The van der Waals surface area contributed by atoms with E-state index in [2.05, 4.69) is 38.1 Å². The van der Waals surface area contributed by atoms with Crippen molar-refractivity contribution in [3.8, 4) is 0 Å². The lowest BCUT2D eigenvalue weighted by Gasteiger charge is -2.21. The van der Waals surface area contributed by atoms with Gasteiger partial charge in [-0.2, -0.15) is 5.10 Å². The third-order valence-corrected chi connectivity index (χ3v) is 3.37. The van der Waals surface area contributed by atoms with Crippen LogP contribution in [0.25, 0.3) is 0 Å². The van der Waals surface area contributed by atoms with Crippen molar-refractivity contribution in [2.75, 3.05) is 6.61 Å². The number of nitrogens with one attached hydrogen (secondary N) is 1. The Hall–Kier alpha value is -0.870. The van der Waals surface area contributed by atoms with E-state index in [1.165, 1.54) is 11.3 Å². The van der Waals surface area contributed by atoms with Gasteiger partial charge in [0.1, 0.15) is 0 Å². The summed E-state index contributed by atoms with van der Waals surface area (Å²) in [5.74, 6) is 0. The average molecular weight is 239 g/mol. The van der Waals surface area contributed by atoms with Gasteiger partial charge in [0.25, 0.3) is 0 Å². The molecular weight excluding hydrogens is 214 g/mol. The van der Waals surface area contributed by atoms with Crippen molar-refractivity contribution in [1.29, 1.82) is 0 Å². The highest BCUT2D eigenvalue weighted by molar-refractivity contribution is 5.27. The molecule has 4 heteroatoms. The molecule has 2 atom stereocenters. The maximum atomic E-state index is 9.23. The number of nitrogens with zero attached hydrogens (tertiary/aromatic N) is 2. The molecule has 17 heavy (non-hydrogen) atoms. The van der Waals surface area contributed by atoms with Gasteiger partial charge in [0.15, 0.2) is 0 Å². The van der Waals surface area contributed by atoms with E-state index >= 15 is 0 Å². The van der Waals surface area contributed by atoms with Crippen LogP contribution in [0.3, 0.4) is 0 Å². The number of aromatic nitrogens is 2. The number of hydrogen-bond donors (Lipinski definition) is 2. The molecule has 0 saturated heterocycles. The summed E-state index contributed by atoms with van der Waals surface area (Å²) in [6, 6.07) is 0.390. The van der Waals surface area contributed by atoms with Crippen LogP contribution in [0.1, 0.15) is 50.2 Å². The molecule has 0 aliphatic rings. The summed E-state index contributed by atoms with van der Waals surface area (Å²) in [4.78, 5) is 0. The van der Waals surface area contributed by atoms with Crippen molar-refractivity contribution in [2.24, 2.45) is 0 Å². The highest BCUT2D eigenvalue weighted by atomic mass is 16.3. The average Bonchev–Trinajstić information content (AvgIpc) is 2.60. The first-order valence-electron chi connectivity index (χ1n) is 6.45. The normalized spacial score (nSPS) is 14.9. The summed E-state index contributed by atoms with van der Waals surface area (Å²) in [7, 11) is 0. The van der Waals surface area contributed by atoms with E-state index in [9.17, 15) is 5.11 Å². The zero-order valence-electron chi connectivity index (χ0n) is 11.6. The fraction of sp³-hybridized carbons (Fsp3) is 0.769. The highest BCUT2D eigenvalue weighted by Crippen LogP contribution is 2.21. The van der Waals surface area contributed by atoms with E-state index in [-0.39, 0.29) is 18.7 Å². The molecule has 1 rings (SSSR count). The highest BCUT2D eigenvalue weighted by Gasteiger charge is 2.18. The molecule has 0 saturated carbocycles. The SMILES string of the molecule is CC[C@H](CO)NC(C)c1c(C)nn(CC)c1C. The Morgan fingerprint density at radius 2 is 2.00 bits per heavy atom. The first-order valence-corrected chi connectivity index (χ1v) is 6.45. The number of aryl methyl sites for hydroxylation is 2. The van der Waals surface area contributed by atoms with Gasteiger partial charge < -0.3 is 10.4 Å². The van der Waals surface area contributed by atoms with Crippen LogP contribution in [-0.2, 0) is 6.54 Å². The predicted molar refractivity (Wildman–Crippen MR) is 70.1 cm³/mol. The van der Waals surface area contributed by atoms with Gasteiger partial charge in [-0.05, 0) is 34.1 Å². The van der Waals surface area contributed by atoms with Gasteiger partial charge >= 0.3 is 0 Å². The maximum Gasteiger partial charge on any atom is 0.0644 e. The molecule has 0 aliphatic carbocycles. The largest absolute Gasteiger partial charge is 0.395 e. The number of rotatable bonds is 6. The molecule has 1 heterocycles. The Balaban J connectivity index is 2.88. The minimum atomic E-state index is 0.161. The summed E-state index contributed by atoms with van der Waals surface area (Å²) >= 11 is 0. The summed E-state index contributed by atoms with van der Waals surface area (Å²) in [6.07, 6.45) is 0.931. The first-order chi connectivity index (χ1) is 8.04. The Bertz CT molecular complexity index is 356. The van der Waals surface area contributed by atoms with Crippen LogP contribution in [0, 0.1) is 13.8 Å². The van der Waals surface area contributed by atoms with Crippen molar-refractivity contribution >= 4 is 0 Å². The molecule has 0 aliphatic heterocycles. The predicted octanol–water partition coefficient (Wildman–Crippen LogP) is 1.94. The van der Waals surface area contributed by atoms with E-state index in [0.29, 0.717) is 0 Å². The van der Waals surface area contributed by atoms with Crippen LogP contribution in [0.4, 0.5) is 0 Å². The van der Waals surface area contributed by atoms with Crippen LogP contribution in [0.2, 0.25) is 0 Å². The second kappa shape index (κ2) is 6.17. The molecule has 0 bridgehead atoms. The summed E-state index contributed by atoms with van der Waals surface area (Å²) in [6.45, 7) is 11.6. The molecule has 0 amide bonds. The van der Waals surface area contributed by atoms with Gasteiger partial charge in [0.2, 0.25) is 0 Å². The lowest BCUT2D eigenvalue weighted by atomic mass is 10.0. The second-order valence-corrected chi connectivity index (χ2v) is 4.58. The van der Waals surface area contributed by atoms with Gasteiger partial charge in [-0.1, -0.05) is 6.92 Å². The third kappa shape index (κ3) is 3.07. The summed E-state index contributed by atoms with van der Waals surface area (Å²) < 4.78 is 2.03. The van der Waals surface area contributed by atoms with Gasteiger partial charge in [-0.25, -0.2) is 0 Å².